The van der Waals surface area contributed by atoms with Crippen molar-refractivity contribution in [3.63, 3.8) is 0 Å². The third-order valence-corrected chi connectivity index (χ3v) is 5.65. The minimum absolute atomic E-state index is 0.0539. The summed E-state index contributed by atoms with van der Waals surface area (Å²) in [5, 5.41) is 8.98. The van der Waals surface area contributed by atoms with Gasteiger partial charge in [0.15, 0.2) is 0 Å². The zero-order valence-electron chi connectivity index (χ0n) is 14.2. The van der Waals surface area contributed by atoms with Gasteiger partial charge in [-0.1, -0.05) is 0 Å². The van der Waals surface area contributed by atoms with Crippen molar-refractivity contribution in [2.45, 2.75) is 24.7 Å². The maximum absolute atomic E-state index is 12.6. The number of aryl methyl sites for hydroxylation is 1. The first kappa shape index (κ1) is 18.0. The zero-order chi connectivity index (χ0) is 18.9. The van der Waals surface area contributed by atoms with E-state index in [9.17, 15) is 18.0 Å². The van der Waals surface area contributed by atoms with Gasteiger partial charge in [-0.25, -0.2) is 13.2 Å². The highest BCUT2D eigenvalue weighted by Gasteiger charge is 2.24. The second kappa shape index (κ2) is 6.83. The van der Waals surface area contributed by atoms with Crippen LogP contribution in [-0.2, 0) is 10.0 Å². The van der Waals surface area contributed by atoms with Gasteiger partial charge in [0.1, 0.15) is 10.6 Å². The summed E-state index contributed by atoms with van der Waals surface area (Å²) < 4.78 is 27.5. The van der Waals surface area contributed by atoms with E-state index in [1.165, 1.54) is 30.5 Å². The molecule has 0 bridgehead atoms. The van der Waals surface area contributed by atoms with E-state index in [0.717, 1.165) is 12.8 Å². The Labute approximate surface area is 150 Å². The summed E-state index contributed by atoms with van der Waals surface area (Å²) in [4.78, 5) is 27.6. The predicted octanol–water partition coefficient (Wildman–Crippen LogP) is 2.06. The van der Waals surface area contributed by atoms with Crippen LogP contribution in [0, 0.1) is 6.92 Å². The van der Waals surface area contributed by atoms with Crippen LogP contribution in [0.4, 0.5) is 5.69 Å². The number of rotatable bonds is 5. The molecular weight excluding hydrogens is 358 g/mol. The van der Waals surface area contributed by atoms with Crippen LogP contribution in [0.2, 0.25) is 0 Å². The predicted molar refractivity (Wildman–Crippen MR) is 94.9 cm³/mol. The van der Waals surface area contributed by atoms with Gasteiger partial charge in [-0.3, -0.25) is 9.52 Å². The number of anilines is 1. The van der Waals surface area contributed by atoms with Crippen molar-refractivity contribution in [2.24, 2.45) is 0 Å². The van der Waals surface area contributed by atoms with Gasteiger partial charge in [0.2, 0.25) is 0 Å². The van der Waals surface area contributed by atoms with Crippen molar-refractivity contribution in [2.75, 3.05) is 17.8 Å². The van der Waals surface area contributed by atoms with Crippen LogP contribution in [0.1, 0.15) is 39.3 Å². The van der Waals surface area contributed by atoms with Gasteiger partial charge >= 0.3 is 5.97 Å². The molecule has 8 nitrogen and oxygen atoms in total. The maximum Gasteiger partial charge on any atom is 0.335 e. The molecule has 0 saturated carbocycles. The topological polar surface area (TPSA) is 120 Å². The van der Waals surface area contributed by atoms with Crippen LogP contribution in [0.25, 0.3) is 0 Å². The molecular formula is C17H19N3O5S. The van der Waals surface area contributed by atoms with Crippen molar-refractivity contribution in [1.29, 1.82) is 0 Å². The van der Waals surface area contributed by atoms with E-state index in [4.69, 9.17) is 5.11 Å². The molecule has 1 aromatic carbocycles. The Hall–Kier alpha value is -2.81. The van der Waals surface area contributed by atoms with Gasteiger partial charge < -0.3 is 15.0 Å². The first-order chi connectivity index (χ1) is 12.3. The number of carbonyl (C=O) groups is 2. The normalized spacial score (nSPS) is 14.4. The molecule has 0 atom stereocenters. The van der Waals surface area contributed by atoms with Crippen LogP contribution < -0.4 is 4.72 Å². The molecule has 0 aliphatic carbocycles. The number of benzene rings is 1. The minimum atomic E-state index is -3.90. The van der Waals surface area contributed by atoms with E-state index in [-0.39, 0.29) is 27.7 Å². The lowest BCUT2D eigenvalue weighted by Gasteiger charge is -2.13. The van der Waals surface area contributed by atoms with E-state index in [0.29, 0.717) is 18.7 Å². The highest BCUT2D eigenvalue weighted by molar-refractivity contribution is 7.92. The molecule has 26 heavy (non-hydrogen) atoms. The third-order valence-electron chi connectivity index (χ3n) is 4.31. The number of aromatic carboxylic acids is 1. The van der Waals surface area contributed by atoms with Crippen LogP contribution in [-0.4, -0.2) is 48.4 Å². The number of nitrogens with one attached hydrogen (secondary N) is 2. The number of aromatic amines is 1. The molecule has 3 N–H and O–H groups in total. The SMILES string of the molecule is Cc1cc(C(=O)O)ccc1NS(=O)(=O)c1c[nH]c(C(=O)N2CCCC2)c1. The molecule has 2 heterocycles. The number of carbonyl (C=O) groups excluding carboxylic acids is 1. The minimum Gasteiger partial charge on any atom is -0.478 e. The fraction of sp³-hybridized carbons (Fsp3) is 0.294. The average molecular weight is 377 g/mol. The Morgan fingerprint density at radius 3 is 2.50 bits per heavy atom. The summed E-state index contributed by atoms with van der Waals surface area (Å²) in [6, 6.07) is 5.43. The monoisotopic (exact) mass is 377 g/mol. The number of aromatic nitrogens is 1. The summed E-state index contributed by atoms with van der Waals surface area (Å²) >= 11 is 0. The van der Waals surface area contributed by atoms with Crippen LogP contribution in [0.5, 0.6) is 0 Å². The first-order valence-corrected chi connectivity index (χ1v) is 9.61. The summed E-state index contributed by atoms with van der Waals surface area (Å²) in [5.74, 6) is -1.30. The van der Waals surface area contributed by atoms with Crippen molar-refractivity contribution in [3.05, 3.63) is 47.3 Å². The van der Waals surface area contributed by atoms with E-state index >= 15 is 0 Å². The van der Waals surface area contributed by atoms with Gasteiger partial charge in [0, 0.05) is 19.3 Å². The number of carboxylic acids is 1. The van der Waals surface area contributed by atoms with E-state index in [1.54, 1.807) is 11.8 Å². The lowest BCUT2D eigenvalue weighted by atomic mass is 10.1. The molecule has 1 aromatic heterocycles. The van der Waals surface area contributed by atoms with Crippen molar-refractivity contribution >= 4 is 27.6 Å². The fourth-order valence-corrected chi connectivity index (χ4v) is 3.98. The smallest absolute Gasteiger partial charge is 0.335 e. The average Bonchev–Trinajstić information content (AvgIpc) is 3.28. The van der Waals surface area contributed by atoms with Crippen molar-refractivity contribution in [3.8, 4) is 0 Å². The second-order valence-corrected chi connectivity index (χ2v) is 7.87. The quantitative estimate of drug-likeness (QED) is 0.737. The first-order valence-electron chi connectivity index (χ1n) is 8.12. The highest BCUT2D eigenvalue weighted by Crippen LogP contribution is 2.22. The largest absolute Gasteiger partial charge is 0.478 e. The van der Waals surface area contributed by atoms with Gasteiger partial charge in [0.05, 0.1) is 11.3 Å². The Morgan fingerprint density at radius 2 is 1.88 bits per heavy atom. The Balaban J connectivity index is 1.80. The Morgan fingerprint density at radius 1 is 1.19 bits per heavy atom. The molecule has 138 valence electrons. The number of H-pyrrole nitrogens is 1. The van der Waals surface area contributed by atoms with Crippen molar-refractivity contribution < 1.29 is 23.1 Å². The van der Waals surface area contributed by atoms with Crippen LogP contribution >= 0.6 is 0 Å². The number of nitrogens with zero attached hydrogens (tertiary/aromatic N) is 1. The molecule has 1 aliphatic rings. The summed E-state index contributed by atoms with van der Waals surface area (Å²) in [5.41, 5.74) is 1.07. The number of hydrogen-bond donors (Lipinski definition) is 3. The van der Waals surface area contributed by atoms with Gasteiger partial charge in [-0.15, -0.1) is 0 Å². The second-order valence-electron chi connectivity index (χ2n) is 6.19. The Bertz CT molecular complexity index is 959. The molecule has 0 spiro atoms. The number of carboxylic acid groups (broad SMARTS) is 1. The number of sulfonamides is 1. The van der Waals surface area contributed by atoms with Gasteiger partial charge in [-0.05, 0) is 49.6 Å². The van der Waals surface area contributed by atoms with E-state index in [2.05, 4.69) is 9.71 Å². The molecule has 0 radical (unpaired) electrons. The third kappa shape index (κ3) is 3.57. The molecule has 9 heteroatoms. The van der Waals surface area contributed by atoms with Crippen LogP contribution in [0.3, 0.4) is 0 Å². The molecule has 1 amide bonds. The standard InChI is InChI=1S/C17H19N3O5S/c1-11-8-12(17(22)23)4-5-14(11)19-26(24,25)13-9-15(18-10-13)16(21)20-6-2-3-7-20/h4-5,8-10,18-19H,2-3,6-7H2,1H3,(H,22,23). The van der Waals surface area contributed by atoms with Gasteiger partial charge in [-0.2, -0.15) is 0 Å². The zero-order valence-corrected chi connectivity index (χ0v) is 15.0. The molecule has 3 rings (SSSR count). The summed E-state index contributed by atoms with van der Waals surface area (Å²) in [7, 11) is -3.90. The number of likely N-dealkylation sites (tertiary alicyclic amines) is 1. The van der Waals surface area contributed by atoms with Crippen molar-refractivity contribution in [1.82, 2.24) is 9.88 Å². The number of amides is 1. The van der Waals surface area contributed by atoms with Gasteiger partial charge in [0.25, 0.3) is 15.9 Å². The van der Waals surface area contributed by atoms with E-state index in [1.807, 2.05) is 0 Å². The summed E-state index contributed by atoms with van der Waals surface area (Å²) in [6.07, 6.45) is 3.17. The highest BCUT2D eigenvalue weighted by atomic mass is 32.2. The van der Waals surface area contributed by atoms with Crippen LogP contribution in [0.15, 0.2) is 35.4 Å². The maximum atomic E-state index is 12.6. The molecule has 2 aromatic rings. The molecule has 1 fully saturated rings. The number of hydrogen-bond acceptors (Lipinski definition) is 4. The lowest BCUT2D eigenvalue weighted by molar-refractivity contribution is 0.0696. The van der Waals surface area contributed by atoms with E-state index < -0.39 is 16.0 Å². The molecule has 1 aliphatic heterocycles. The molecule has 1 saturated heterocycles. The molecule has 0 unspecified atom stereocenters. The lowest BCUT2D eigenvalue weighted by Crippen LogP contribution is -2.27. The Kier molecular flexibility index (Phi) is 4.73. The fourth-order valence-electron chi connectivity index (χ4n) is 2.86. The summed E-state index contributed by atoms with van der Waals surface area (Å²) in [6.45, 7) is 2.96.